The lowest BCUT2D eigenvalue weighted by atomic mass is 10.1. The lowest BCUT2D eigenvalue weighted by Gasteiger charge is -2.12. The number of nitrogens with zero attached hydrogens (tertiary/aromatic N) is 1. The largest absolute Gasteiger partial charge is 0.481 e. The van der Waals surface area contributed by atoms with Crippen LogP contribution in [0, 0.1) is 6.92 Å². The third kappa shape index (κ3) is 2.97. The lowest BCUT2D eigenvalue weighted by molar-refractivity contribution is -0.137. The number of ketones is 1. The highest BCUT2D eigenvalue weighted by molar-refractivity contribution is 5.97. The molecular formula is C16H18N2O3. The van der Waals surface area contributed by atoms with Crippen molar-refractivity contribution in [1.82, 2.24) is 4.57 Å². The minimum Gasteiger partial charge on any atom is -0.481 e. The number of hydrogen-bond donors (Lipinski definition) is 2. The monoisotopic (exact) mass is 286 g/mol. The molecule has 0 aliphatic heterocycles. The second-order valence-electron chi connectivity index (χ2n) is 4.97. The van der Waals surface area contributed by atoms with Crippen LogP contribution in [0.1, 0.15) is 29.4 Å². The Morgan fingerprint density at radius 2 is 1.95 bits per heavy atom. The first-order valence-electron chi connectivity index (χ1n) is 6.69. The van der Waals surface area contributed by atoms with E-state index in [0.717, 1.165) is 17.0 Å². The fourth-order valence-corrected chi connectivity index (χ4v) is 2.45. The summed E-state index contributed by atoms with van der Waals surface area (Å²) in [5.41, 5.74) is 9.54. The SMILES string of the molecule is CC(=O)c1cc(-c2ccccc2N)n(CCC(=O)O)c1C. The van der Waals surface area contributed by atoms with E-state index in [-0.39, 0.29) is 12.2 Å². The van der Waals surface area contributed by atoms with Crippen molar-refractivity contribution < 1.29 is 14.7 Å². The van der Waals surface area contributed by atoms with Gasteiger partial charge in [-0.25, -0.2) is 0 Å². The van der Waals surface area contributed by atoms with Crippen LogP contribution in [0.25, 0.3) is 11.3 Å². The second kappa shape index (κ2) is 5.83. The van der Waals surface area contributed by atoms with Crippen molar-refractivity contribution in [3.63, 3.8) is 0 Å². The van der Waals surface area contributed by atoms with Gasteiger partial charge >= 0.3 is 5.97 Å². The molecule has 2 rings (SSSR count). The number of carbonyl (C=O) groups is 2. The Morgan fingerprint density at radius 1 is 1.29 bits per heavy atom. The van der Waals surface area contributed by atoms with E-state index >= 15 is 0 Å². The van der Waals surface area contributed by atoms with E-state index in [4.69, 9.17) is 10.8 Å². The van der Waals surface area contributed by atoms with Crippen LogP contribution in [0.2, 0.25) is 0 Å². The molecule has 0 fully saturated rings. The van der Waals surface area contributed by atoms with Crippen LogP contribution < -0.4 is 5.73 Å². The predicted molar refractivity (Wildman–Crippen MR) is 81.3 cm³/mol. The van der Waals surface area contributed by atoms with Crippen molar-refractivity contribution in [3.05, 3.63) is 41.6 Å². The third-order valence-corrected chi connectivity index (χ3v) is 3.53. The zero-order chi connectivity index (χ0) is 15.6. The van der Waals surface area contributed by atoms with Gasteiger partial charge in [-0.2, -0.15) is 0 Å². The summed E-state index contributed by atoms with van der Waals surface area (Å²) in [6.45, 7) is 3.63. The number of anilines is 1. The number of hydrogen-bond acceptors (Lipinski definition) is 3. The zero-order valence-corrected chi connectivity index (χ0v) is 12.1. The molecule has 3 N–H and O–H groups in total. The van der Waals surface area contributed by atoms with Gasteiger partial charge in [0.05, 0.1) is 12.1 Å². The Balaban J connectivity index is 2.58. The molecule has 0 saturated carbocycles. The summed E-state index contributed by atoms with van der Waals surface area (Å²) in [6, 6.07) is 9.13. The van der Waals surface area contributed by atoms with Gasteiger partial charge in [0.15, 0.2) is 5.78 Å². The first-order chi connectivity index (χ1) is 9.91. The number of carboxylic acids is 1. The van der Waals surface area contributed by atoms with Gasteiger partial charge in [-0.15, -0.1) is 0 Å². The van der Waals surface area contributed by atoms with Gasteiger partial charge in [-0.3, -0.25) is 9.59 Å². The minimum atomic E-state index is -0.876. The predicted octanol–water partition coefficient (Wildman–Crippen LogP) is 2.72. The topological polar surface area (TPSA) is 85.3 Å². The molecule has 0 aliphatic rings. The average Bonchev–Trinajstić information content (AvgIpc) is 2.74. The molecule has 1 aromatic carbocycles. The van der Waals surface area contributed by atoms with E-state index in [1.807, 2.05) is 29.7 Å². The van der Waals surface area contributed by atoms with Gasteiger partial charge < -0.3 is 15.4 Å². The number of aliphatic carboxylic acids is 1. The van der Waals surface area contributed by atoms with Crippen molar-refractivity contribution in [2.24, 2.45) is 0 Å². The number of para-hydroxylation sites is 1. The van der Waals surface area contributed by atoms with Gasteiger partial charge in [-0.1, -0.05) is 18.2 Å². The number of nitrogens with two attached hydrogens (primary N) is 1. The first-order valence-corrected chi connectivity index (χ1v) is 6.69. The molecule has 110 valence electrons. The summed E-state index contributed by atoms with van der Waals surface area (Å²) >= 11 is 0. The fraction of sp³-hybridized carbons (Fsp3) is 0.250. The van der Waals surface area contributed by atoms with Crippen LogP contribution in [-0.4, -0.2) is 21.4 Å². The highest BCUT2D eigenvalue weighted by Gasteiger charge is 2.17. The Morgan fingerprint density at radius 3 is 2.52 bits per heavy atom. The molecule has 0 aliphatic carbocycles. The van der Waals surface area contributed by atoms with Crippen molar-refractivity contribution in [1.29, 1.82) is 0 Å². The van der Waals surface area contributed by atoms with Gasteiger partial charge in [0, 0.05) is 29.1 Å². The molecule has 2 aromatic rings. The molecule has 5 heteroatoms. The molecule has 0 radical (unpaired) electrons. The zero-order valence-electron chi connectivity index (χ0n) is 12.1. The van der Waals surface area contributed by atoms with E-state index < -0.39 is 5.97 Å². The van der Waals surface area contributed by atoms with E-state index in [1.54, 1.807) is 12.1 Å². The maximum absolute atomic E-state index is 11.7. The number of carboxylic acid groups (broad SMARTS) is 1. The molecule has 0 atom stereocenters. The summed E-state index contributed by atoms with van der Waals surface area (Å²) in [4.78, 5) is 22.6. The minimum absolute atomic E-state index is 0.00734. The van der Waals surface area contributed by atoms with Crippen LogP contribution in [0.5, 0.6) is 0 Å². The van der Waals surface area contributed by atoms with E-state index in [0.29, 0.717) is 17.8 Å². The van der Waals surface area contributed by atoms with E-state index in [2.05, 4.69) is 0 Å². The van der Waals surface area contributed by atoms with Crippen LogP contribution in [-0.2, 0) is 11.3 Å². The highest BCUT2D eigenvalue weighted by atomic mass is 16.4. The molecule has 0 bridgehead atoms. The third-order valence-electron chi connectivity index (χ3n) is 3.53. The van der Waals surface area contributed by atoms with Crippen molar-refractivity contribution >= 4 is 17.4 Å². The van der Waals surface area contributed by atoms with Crippen LogP contribution in [0.4, 0.5) is 5.69 Å². The number of carbonyl (C=O) groups excluding carboxylic acids is 1. The number of nitrogen functional groups attached to an aromatic ring is 1. The van der Waals surface area contributed by atoms with Crippen LogP contribution in [0.3, 0.4) is 0 Å². The van der Waals surface area contributed by atoms with Crippen LogP contribution in [0.15, 0.2) is 30.3 Å². The molecule has 0 unspecified atom stereocenters. The highest BCUT2D eigenvalue weighted by Crippen LogP contribution is 2.30. The molecular weight excluding hydrogens is 268 g/mol. The summed E-state index contributed by atoms with van der Waals surface area (Å²) in [6.07, 6.45) is -0.00734. The number of aromatic nitrogens is 1. The maximum atomic E-state index is 11.7. The molecule has 21 heavy (non-hydrogen) atoms. The molecule has 0 spiro atoms. The van der Waals surface area contributed by atoms with E-state index in [9.17, 15) is 9.59 Å². The lowest BCUT2D eigenvalue weighted by Crippen LogP contribution is -2.08. The quantitative estimate of drug-likeness (QED) is 0.653. The maximum Gasteiger partial charge on any atom is 0.305 e. The van der Waals surface area contributed by atoms with Gasteiger partial charge in [0.25, 0.3) is 0 Å². The van der Waals surface area contributed by atoms with E-state index in [1.165, 1.54) is 6.92 Å². The first kappa shape index (κ1) is 14.8. The summed E-state index contributed by atoms with van der Waals surface area (Å²) < 4.78 is 1.84. The Kier molecular flexibility index (Phi) is 4.12. The van der Waals surface area contributed by atoms with Crippen LogP contribution >= 0.6 is 0 Å². The molecule has 1 heterocycles. The smallest absolute Gasteiger partial charge is 0.305 e. The number of benzene rings is 1. The summed E-state index contributed by atoms with van der Waals surface area (Å²) in [5.74, 6) is -0.920. The molecule has 0 saturated heterocycles. The Labute approximate surface area is 123 Å². The van der Waals surface area contributed by atoms with Gasteiger partial charge in [0.1, 0.15) is 0 Å². The summed E-state index contributed by atoms with van der Waals surface area (Å²) in [7, 11) is 0. The van der Waals surface area contributed by atoms with Gasteiger partial charge in [-0.05, 0) is 26.0 Å². The number of Topliss-reactive ketones (excluding diaryl/α,β-unsaturated/α-hetero) is 1. The summed E-state index contributed by atoms with van der Waals surface area (Å²) in [5, 5.41) is 8.89. The van der Waals surface area contributed by atoms with Crippen molar-refractivity contribution in [2.45, 2.75) is 26.8 Å². The van der Waals surface area contributed by atoms with Crippen molar-refractivity contribution in [3.8, 4) is 11.3 Å². The molecule has 0 amide bonds. The Bertz CT molecular complexity index is 702. The molecule has 1 aromatic heterocycles. The average molecular weight is 286 g/mol. The standard InChI is InChI=1S/C16H18N2O3/c1-10-13(11(2)19)9-15(18(10)8-7-16(20)21)12-5-3-4-6-14(12)17/h3-6,9H,7-8,17H2,1-2H3,(H,20,21). The number of rotatable bonds is 5. The van der Waals surface area contributed by atoms with Gasteiger partial charge in [0.2, 0.25) is 0 Å². The Hall–Kier alpha value is -2.56. The fourth-order valence-electron chi connectivity index (χ4n) is 2.45. The normalized spacial score (nSPS) is 10.6. The second-order valence-corrected chi connectivity index (χ2v) is 4.97. The molecule has 5 nitrogen and oxygen atoms in total. The van der Waals surface area contributed by atoms with Crippen molar-refractivity contribution in [2.75, 3.05) is 5.73 Å².